The van der Waals surface area contributed by atoms with Gasteiger partial charge in [0.1, 0.15) is 17.7 Å². The van der Waals surface area contributed by atoms with Crippen LogP contribution in [0.4, 0.5) is 5.82 Å². The van der Waals surface area contributed by atoms with Crippen LogP contribution in [0.15, 0.2) is 29.0 Å². The number of benzene rings is 1. The Labute approximate surface area is 116 Å². The van der Waals surface area contributed by atoms with Crippen LogP contribution in [0.3, 0.4) is 0 Å². The zero-order valence-electron chi connectivity index (χ0n) is 8.98. The predicted molar refractivity (Wildman–Crippen MR) is 74.2 cm³/mol. The summed E-state index contributed by atoms with van der Waals surface area (Å²) in [6.07, 6.45) is 1.38. The standard InChI is InChI=1S/C11H7BrClN5/c12-6-3-1-2-5(7(6)13)10-17-8-9(14)15-4-16-11(8)18-10/h1-4H,(H3,14,15,16,17,18). The van der Waals surface area contributed by atoms with Gasteiger partial charge in [0.25, 0.3) is 0 Å². The van der Waals surface area contributed by atoms with Crippen molar-refractivity contribution in [1.29, 1.82) is 0 Å². The van der Waals surface area contributed by atoms with E-state index in [-0.39, 0.29) is 0 Å². The Morgan fingerprint density at radius 3 is 2.89 bits per heavy atom. The molecule has 18 heavy (non-hydrogen) atoms. The van der Waals surface area contributed by atoms with Gasteiger partial charge in [0.15, 0.2) is 11.5 Å². The van der Waals surface area contributed by atoms with Crippen LogP contribution < -0.4 is 5.73 Å². The number of aromatic amines is 1. The molecule has 7 heteroatoms. The molecule has 2 aromatic heterocycles. The van der Waals surface area contributed by atoms with Crippen LogP contribution in [0.5, 0.6) is 0 Å². The monoisotopic (exact) mass is 323 g/mol. The van der Waals surface area contributed by atoms with E-state index in [4.69, 9.17) is 17.3 Å². The van der Waals surface area contributed by atoms with Gasteiger partial charge in [-0.2, -0.15) is 0 Å². The molecule has 0 aliphatic rings. The smallest absolute Gasteiger partial charge is 0.183 e. The maximum absolute atomic E-state index is 6.22. The molecule has 3 aromatic rings. The SMILES string of the molecule is Nc1ncnc2nc(-c3cccc(Br)c3Cl)[nH]c12. The molecule has 0 amide bonds. The molecule has 0 bridgehead atoms. The number of hydrogen-bond acceptors (Lipinski definition) is 4. The van der Waals surface area contributed by atoms with Crippen LogP contribution in [0, 0.1) is 0 Å². The third kappa shape index (κ3) is 1.74. The molecule has 3 N–H and O–H groups in total. The first-order valence-electron chi connectivity index (χ1n) is 5.07. The normalized spacial score (nSPS) is 11.0. The van der Waals surface area contributed by atoms with E-state index in [0.29, 0.717) is 27.8 Å². The largest absolute Gasteiger partial charge is 0.382 e. The van der Waals surface area contributed by atoms with Gasteiger partial charge < -0.3 is 10.7 Å². The number of imidazole rings is 1. The highest BCUT2D eigenvalue weighted by Crippen LogP contribution is 2.33. The predicted octanol–water partition coefficient (Wildman–Crippen LogP) is 3.02. The summed E-state index contributed by atoms with van der Waals surface area (Å²) < 4.78 is 0.807. The van der Waals surface area contributed by atoms with Crippen molar-refractivity contribution in [1.82, 2.24) is 19.9 Å². The number of fused-ring (bicyclic) bond motifs is 1. The van der Waals surface area contributed by atoms with Crippen molar-refractivity contribution in [3.05, 3.63) is 34.0 Å². The summed E-state index contributed by atoms with van der Waals surface area (Å²) in [5.41, 5.74) is 7.67. The van der Waals surface area contributed by atoms with Gasteiger partial charge in [-0.1, -0.05) is 17.7 Å². The molecule has 0 aliphatic heterocycles. The van der Waals surface area contributed by atoms with E-state index in [2.05, 4.69) is 35.9 Å². The van der Waals surface area contributed by atoms with Crippen LogP contribution >= 0.6 is 27.5 Å². The molecule has 0 fully saturated rings. The Hall–Kier alpha value is -1.66. The molecule has 0 saturated heterocycles. The third-order valence-electron chi connectivity index (χ3n) is 2.52. The average molecular weight is 325 g/mol. The van der Waals surface area contributed by atoms with E-state index in [0.717, 1.165) is 10.0 Å². The number of rotatable bonds is 1. The minimum atomic E-state index is 0.366. The van der Waals surface area contributed by atoms with Crippen molar-refractivity contribution in [2.24, 2.45) is 0 Å². The lowest BCUT2D eigenvalue weighted by atomic mass is 10.2. The number of anilines is 1. The third-order valence-corrected chi connectivity index (χ3v) is 3.82. The lowest BCUT2D eigenvalue weighted by Gasteiger charge is -2.01. The van der Waals surface area contributed by atoms with Crippen LogP contribution in [0.1, 0.15) is 0 Å². The van der Waals surface area contributed by atoms with Crippen molar-refractivity contribution in [2.75, 3.05) is 5.73 Å². The Kier molecular flexibility index (Phi) is 2.68. The molecule has 3 rings (SSSR count). The lowest BCUT2D eigenvalue weighted by Crippen LogP contribution is -1.91. The minimum absolute atomic E-state index is 0.366. The van der Waals surface area contributed by atoms with Crippen molar-refractivity contribution in [3.63, 3.8) is 0 Å². The Balaban J connectivity index is 2.26. The summed E-state index contributed by atoms with van der Waals surface area (Å²) in [5.74, 6) is 0.980. The molecule has 0 atom stereocenters. The zero-order chi connectivity index (χ0) is 12.7. The Bertz CT molecular complexity index is 739. The maximum atomic E-state index is 6.22. The van der Waals surface area contributed by atoms with E-state index in [1.165, 1.54) is 6.33 Å². The van der Waals surface area contributed by atoms with E-state index in [1.807, 2.05) is 18.2 Å². The van der Waals surface area contributed by atoms with Gasteiger partial charge in [-0.25, -0.2) is 15.0 Å². The summed E-state index contributed by atoms with van der Waals surface area (Å²) in [6, 6.07) is 5.62. The lowest BCUT2D eigenvalue weighted by molar-refractivity contribution is 1.21. The molecular weight excluding hydrogens is 318 g/mol. The summed E-state index contributed by atoms with van der Waals surface area (Å²) in [5, 5.41) is 0.586. The van der Waals surface area contributed by atoms with E-state index in [9.17, 15) is 0 Å². The first-order valence-corrected chi connectivity index (χ1v) is 6.24. The van der Waals surface area contributed by atoms with E-state index in [1.54, 1.807) is 0 Å². The Morgan fingerprint density at radius 1 is 1.28 bits per heavy atom. The fraction of sp³-hybridized carbons (Fsp3) is 0. The first kappa shape index (κ1) is 11.4. The highest BCUT2D eigenvalue weighted by atomic mass is 79.9. The number of halogens is 2. The van der Waals surface area contributed by atoms with Crippen molar-refractivity contribution >= 4 is 44.5 Å². The average Bonchev–Trinajstić information content (AvgIpc) is 2.78. The second-order valence-electron chi connectivity index (χ2n) is 3.64. The van der Waals surface area contributed by atoms with Crippen LogP contribution in [0.2, 0.25) is 5.02 Å². The molecule has 0 saturated carbocycles. The molecule has 5 nitrogen and oxygen atoms in total. The van der Waals surface area contributed by atoms with Gasteiger partial charge in [-0.3, -0.25) is 0 Å². The van der Waals surface area contributed by atoms with Crippen LogP contribution in [-0.2, 0) is 0 Å². The highest BCUT2D eigenvalue weighted by molar-refractivity contribution is 9.10. The molecule has 1 aromatic carbocycles. The number of hydrogen-bond donors (Lipinski definition) is 2. The van der Waals surface area contributed by atoms with Gasteiger partial charge in [-0.05, 0) is 28.1 Å². The Morgan fingerprint density at radius 2 is 2.11 bits per heavy atom. The molecular formula is C11H7BrClN5. The van der Waals surface area contributed by atoms with Crippen molar-refractivity contribution in [3.8, 4) is 11.4 Å². The van der Waals surface area contributed by atoms with Gasteiger partial charge in [0, 0.05) is 10.0 Å². The molecule has 0 aliphatic carbocycles. The summed E-state index contributed by atoms with van der Waals surface area (Å²) in [6.45, 7) is 0. The number of nitrogen functional groups attached to an aromatic ring is 1. The number of nitrogens with zero attached hydrogens (tertiary/aromatic N) is 3. The van der Waals surface area contributed by atoms with Gasteiger partial charge in [0.05, 0.1) is 5.02 Å². The number of nitrogens with one attached hydrogen (secondary N) is 1. The fourth-order valence-corrected chi connectivity index (χ4v) is 2.24. The number of aromatic nitrogens is 4. The zero-order valence-corrected chi connectivity index (χ0v) is 11.3. The fourth-order valence-electron chi connectivity index (χ4n) is 1.66. The first-order chi connectivity index (χ1) is 8.66. The maximum Gasteiger partial charge on any atom is 0.183 e. The topological polar surface area (TPSA) is 80.5 Å². The summed E-state index contributed by atoms with van der Waals surface area (Å²) in [7, 11) is 0. The molecule has 2 heterocycles. The van der Waals surface area contributed by atoms with Gasteiger partial charge >= 0.3 is 0 Å². The minimum Gasteiger partial charge on any atom is -0.382 e. The molecule has 0 spiro atoms. The van der Waals surface area contributed by atoms with E-state index >= 15 is 0 Å². The summed E-state index contributed by atoms with van der Waals surface area (Å²) >= 11 is 9.60. The van der Waals surface area contributed by atoms with Crippen molar-refractivity contribution in [2.45, 2.75) is 0 Å². The second kappa shape index (κ2) is 4.22. The van der Waals surface area contributed by atoms with Crippen molar-refractivity contribution < 1.29 is 0 Å². The van der Waals surface area contributed by atoms with Crippen LogP contribution in [-0.4, -0.2) is 19.9 Å². The van der Waals surface area contributed by atoms with Gasteiger partial charge in [0.2, 0.25) is 0 Å². The van der Waals surface area contributed by atoms with Crippen LogP contribution in [0.25, 0.3) is 22.6 Å². The second-order valence-corrected chi connectivity index (χ2v) is 4.88. The molecule has 0 radical (unpaired) electrons. The quantitative estimate of drug-likeness (QED) is 0.721. The molecule has 0 unspecified atom stereocenters. The summed E-state index contributed by atoms with van der Waals surface area (Å²) in [4.78, 5) is 15.4. The van der Waals surface area contributed by atoms with Gasteiger partial charge in [-0.15, -0.1) is 0 Å². The number of nitrogens with two attached hydrogens (primary N) is 1. The molecule has 90 valence electrons. The number of H-pyrrole nitrogens is 1. The van der Waals surface area contributed by atoms with E-state index < -0.39 is 0 Å². The highest BCUT2D eigenvalue weighted by Gasteiger charge is 2.12.